The molecular formula is C20H23FN2O. The molecule has 1 aromatic carbocycles. The Morgan fingerprint density at radius 3 is 2.88 bits per heavy atom. The molecule has 4 atom stereocenters. The van der Waals surface area contributed by atoms with Gasteiger partial charge < -0.3 is 14.5 Å². The number of aldehydes is 1. The Labute approximate surface area is 142 Å². The van der Waals surface area contributed by atoms with Crippen LogP contribution in [-0.2, 0) is 10.2 Å². The average molecular weight is 326 g/mol. The Bertz CT molecular complexity index is 799. The topological polar surface area (TPSA) is 29.1 Å². The molecule has 1 spiro atoms. The monoisotopic (exact) mass is 326 g/mol. The van der Waals surface area contributed by atoms with E-state index in [2.05, 4.69) is 49.6 Å². The molecule has 0 saturated carbocycles. The Kier molecular flexibility index (Phi) is 3.11. The molecule has 2 bridgehead atoms. The molecule has 2 saturated heterocycles. The van der Waals surface area contributed by atoms with Crippen molar-refractivity contribution in [2.45, 2.75) is 31.2 Å². The summed E-state index contributed by atoms with van der Waals surface area (Å²) in [7, 11) is 2.42. The van der Waals surface area contributed by atoms with Crippen LogP contribution >= 0.6 is 0 Å². The second-order valence-electron chi connectivity index (χ2n) is 7.87. The van der Waals surface area contributed by atoms with Gasteiger partial charge in [-0.1, -0.05) is 24.3 Å². The van der Waals surface area contributed by atoms with Crippen molar-refractivity contribution in [2.24, 2.45) is 5.92 Å². The van der Waals surface area contributed by atoms with Gasteiger partial charge in [0, 0.05) is 35.7 Å². The van der Waals surface area contributed by atoms with E-state index in [4.69, 9.17) is 0 Å². The second kappa shape index (κ2) is 4.79. The molecule has 1 aromatic rings. The van der Waals surface area contributed by atoms with Crippen LogP contribution in [0.1, 0.15) is 25.3 Å². The number of allylic oxidation sites excluding steroid dienone is 2. The molecule has 24 heavy (non-hydrogen) atoms. The first-order chi connectivity index (χ1) is 11.1. The van der Waals surface area contributed by atoms with Crippen LogP contribution in [0.3, 0.4) is 0 Å². The van der Waals surface area contributed by atoms with E-state index in [1.54, 1.807) is 0 Å². The number of hydrogen-bond donors (Lipinski definition) is 1. The minimum Gasteiger partial charge on any atom is -1.00 e. The molecule has 4 heteroatoms. The maximum absolute atomic E-state index is 12.0. The highest BCUT2D eigenvalue weighted by Gasteiger charge is 2.67. The van der Waals surface area contributed by atoms with Crippen molar-refractivity contribution in [2.75, 3.05) is 25.5 Å². The fourth-order valence-corrected chi connectivity index (χ4v) is 6.07. The van der Waals surface area contributed by atoms with Gasteiger partial charge in [0.2, 0.25) is 0 Å². The average Bonchev–Trinajstić information content (AvgIpc) is 3.08. The van der Waals surface area contributed by atoms with E-state index in [9.17, 15) is 4.79 Å². The Morgan fingerprint density at radius 1 is 1.33 bits per heavy atom. The quantitative estimate of drug-likeness (QED) is 0.447. The van der Waals surface area contributed by atoms with Crippen LogP contribution in [0.15, 0.2) is 47.2 Å². The van der Waals surface area contributed by atoms with Gasteiger partial charge in [0.15, 0.2) is 0 Å². The number of carbonyl (C=O) groups excluding carboxylic acids is 1. The molecule has 0 aromatic heterocycles. The summed E-state index contributed by atoms with van der Waals surface area (Å²) in [6.07, 6.45) is 5.65. The van der Waals surface area contributed by atoms with E-state index >= 15 is 0 Å². The largest absolute Gasteiger partial charge is 1.00 e. The number of likely N-dealkylation sites (N-methyl/N-ethyl adjacent to an activating group) is 1. The SMILES string of the molecule is C/C=C1/C[N+]2(C)CC[C@]34C(=C(C=O)[C@H]1C[C@@H]32)Nc1ccccc14.[F-]. The van der Waals surface area contributed by atoms with Crippen LogP contribution in [0, 0.1) is 5.92 Å². The molecule has 5 rings (SSSR count). The highest BCUT2D eigenvalue weighted by Crippen LogP contribution is 2.62. The molecule has 0 radical (unpaired) electrons. The molecular weight excluding hydrogens is 303 g/mol. The predicted molar refractivity (Wildman–Crippen MR) is 91.0 cm³/mol. The number of fused-ring (bicyclic) bond motifs is 2. The van der Waals surface area contributed by atoms with Gasteiger partial charge in [-0.05, 0) is 24.1 Å². The van der Waals surface area contributed by atoms with Crippen molar-refractivity contribution < 1.29 is 14.0 Å². The van der Waals surface area contributed by atoms with E-state index in [0.29, 0.717) is 12.0 Å². The lowest BCUT2D eigenvalue weighted by atomic mass is 9.61. The lowest BCUT2D eigenvalue weighted by Crippen LogP contribution is -3.00. The minimum absolute atomic E-state index is 0. The van der Waals surface area contributed by atoms with E-state index < -0.39 is 0 Å². The van der Waals surface area contributed by atoms with Gasteiger partial charge >= 0.3 is 0 Å². The van der Waals surface area contributed by atoms with Gasteiger partial charge in [-0.25, -0.2) is 0 Å². The van der Waals surface area contributed by atoms with Crippen molar-refractivity contribution in [3.05, 3.63) is 52.7 Å². The Hall–Kier alpha value is -1.94. The van der Waals surface area contributed by atoms with Gasteiger partial charge in [-0.3, -0.25) is 4.79 Å². The smallest absolute Gasteiger partial charge is 0.148 e. The maximum atomic E-state index is 12.0. The summed E-state index contributed by atoms with van der Waals surface area (Å²) in [5.41, 5.74) is 6.35. The molecule has 4 aliphatic rings. The van der Waals surface area contributed by atoms with Crippen LogP contribution in [-0.4, -0.2) is 36.9 Å². The lowest BCUT2D eigenvalue weighted by molar-refractivity contribution is -0.923. The molecule has 3 nitrogen and oxygen atoms in total. The van der Waals surface area contributed by atoms with Gasteiger partial charge in [-0.2, -0.15) is 0 Å². The fraction of sp³-hybridized carbons (Fsp3) is 0.450. The molecule has 1 unspecified atom stereocenters. The molecule has 126 valence electrons. The number of piperidine rings is 1. The number of quaternary nitrogens is 1. The third-order valence-electron chi connectivity index (χ3n) is 7.06. The highest BCUT2D eigenvalue weighted by molar-refractivity contribution is 5.84. The number of hydrogen-bond acceptors (Lipinski definition) is 2. The first-order valence-electron chi connectivity index (χ1n) is 8.70. The number of nitrogens with one attached hydrogen (secondary N) is 1. The van der Waals surface area contributed by atoms with Gasteiger partial charge in [0.1, 0.15) is 18.9 Å². The van der Waals surface area contributed by atoms with Gasteiger partial charge in [0.05, 0.1) is 19.0 Å². The summed E-state index contributed by atoms with van der Waals surface area (Å²) in [4.78, 5) is 12.0. The Balaban J connectivity index is 0.00000146. The normalized spacial score (nSPS) is 39.8. The number of rotatable bonds is 1. The standard InChI is InChI=1S/C20H22N2O.FH/c1-3-13-11-22(2)9-8-20-16-6-4-5-7-17(16)21-19(20)15(12-23)14(13)10-18(20)22;/h3-7,12,14,18H,8-11H2,1-2H3;1H/b13-3-;/t14-,18-,20+,22?;/m0./s1. The third-order valence-corrected chi connectivity index (χ3v) is 7.06. The fourth-order valence-electron chi connectivity index (χ4n) is 6.07. The van der Waals surface area contributed by atoms with Crippen LogP contribution < -0.4 is 10.0 Å². The number of benzene rings is 1. The minimum atomic E-state index is 0. The van der Waals surface area contributed by atoms with Crippen LogP contribution in [0.5, 0.6) is 0 Å². The number of halogens is 1. The van der Waals surface area contributed by atoms with E-state index in [-0.39, 0.29) is 10.1 Å². The second-order valence-corrected chi connectivity index (χ2v) is 7.87. The molecule has 0 amide bonds. The molecule has 1 N–H and O–H groups in total. The van der Waals surface area contributed by atoms with Crippen LogP contribution in [0.25, 0.3) is 0 Å². The van der Waals surface area contributed by atoms with E-state index in [1.807, 2.05) is 0 Å². The van der Waals surface area contributed by atoms with Gasteiger partial charge in [0.25, 0.3) is 0 Å². The number of para-hydroxylation sites is 1. The van der Waals surface area contributed by atoms with Crippen molar-refractivity contribution in [3.63, 3.8) is 0 Å². The highest BCUT2D eigenvalue weighted by atomic mass is 19.0. The van der Waals surface area contributed by atoms with Crippen molar-refractivity contribution >= 4 is 12.0 Å². The summed E-state index contributed by atoms with van der Waals surface area (Å²) in [5.74, 6) is 0.316. The summed E-state index contributed by atoms with van der Waals surface area (Å²) in [5, 5.41) is 3.66. The van der Waals surface area contributed by atoms with Gasteiger partial charge in [-0.15, -0.1) is 0 Å². The molecule has 3 aliphatic heterocycles. The van der Waals surface area contributed by atoms with Crippen molar-refractivity contribution in [1.82, 2.24) is 0 Å². The molecule has 1 aliphatic carbocycles. The third kappa shape index (κ3) is 1.53. The number of nitrogens with zero attached hydrogens (tertiary/aromatic N) is 1. The van der Waals surface area contributed by atoms with Crippen LogP contribution in [0.4, 0.5) is 5.69 Å². The molecule has 2 fully saturated rings. The molecule has 3 heterocycles. The van der Waals surface area contributed by atoms with E-state index in [0.717, 1.165) is 35.7 Å². The number of anilines is 1. The lowest BCUT2D eigenvalue weighted by Gasteiger charge is -2.51. The Morgan fingerprint density at radius 2 is 2.12 bits per heavy atom. The summed E-state index contributed by atoms with van der Waals surface area (Å²) >= 11 is 0. The summed E-state index contributed by atoms with van der Waals surface area (Å²) in [6, 6.07) is 9.27. The van der Waals surface area contributed by atoms with E-state index in [1.165, 1.54) is 29.1 Å². The first-order valence-corrected chi connectivity index (χ1v) is 8.70. The zero-order valence-electron chi connectivity index (χ0n) is 14.2. The van der Waals surface area contributed by atoms with Crippen molar-refractivity contribution in [1.29, 1.82) is 0 Å². The summed E-state index contributed by atoms with van der Waals surface area (Å²) < 4.78 is 1.13. The number of carbonyl (C=O) groups is 1. The zero-order chi connectivity index (χ0) is 15.8. The zero-order valence-corrected chi connectivity index (χ0v) is 14.2. The van der Waals surface area contributed by atoms with Crippen LogP contribution in [0.2, 0.25) is 0 Å². The first kappa shape index (κ1) is 15.6. The van der Waals surface area contributed by atoms with Crippen molar-refractivity contribution in [3.8, 4) is 0 Å². The predicted octanol–water partition coefficient (Wildman–Crippen LogP) is 0.00560. The summed E-state index contributed by atoms with van der Waals surface area (Å²) in [6.45, 7) is 4.42. The maximum Gasteiger partial charge on any atom is 0.148 e.